The fourth-order valence-corrected chi connectivity index (χ4v) is 3.82. The fourth-order valence-electron chi connectivity index (χ4n) is 3.82. The molecule has 0 spiro atoms. The molecule has 0 heterocycles. The Morgan fingerprint density at radius 1 is 0.829 bits per heavy atom. The van der Waals surface area contributed by atoms with Gasteiger partial charge in [-0.05, 0) is 65.9 Å². The van der Waals surface area contributed by atoms with Gasteiger partial charge in [-0.1, -0.05) is 31.2 Å². The van der Waals surface area contributed by atoms with E-state index in [0.717, 1.165) is 23.2 Å². The number of hydrazone groups is 1. The summed E-state index contributed by atoms with van der Waals surface area (Å²) in [5.74, 6) is -0.104. The van der Waals surface area contributed by atoms with E-state index in [1.54, 1.807) is 44.6 Å². The Kier molecular flexibility index (Phi) is 11.5. The van der Waals surface area contributed by atoms with Gasteiger partial charge in [0.1, 0.15) is 0 Å². The van der Waals surface area contributed by atoms with Crippen molar-refractivity contribution in [3.63, 3.8) is 0 Å². The second-order valence-corrected chi connectivity index (χ2v) is 8.65. The average Bonchev–Trinajstić information content (AvgIpc) is 3.00. The van der Waals surface area contributed by atoms with Crippen molar-refractivity contribution in [3.8, 4) is 23.0 Å². The zero-order valence-corrected chi connectivity index (χ0v) is 23.5. The van der Waals surface area contributed by atoms with Crippen molar-refractivity contribution < 1.29 is 33.3 Å². The number of ether oxygens (including phenoxy) is 4. The molecule has 0 saturated heterocycles. The molecular weight excluding hydrogens is 528 g/mol. The lowest BCUT2D eigenvalue weighted by atomic mass is 10.1. The minimum Gasteiger partial charge on any atom is -0.493 e. The lowest BCUT2D eigenvalue weighted by molar-refractivity contribution is -0.139. The summed E-state index contributed by atoms with van der Waals surface area (Å²) < 4.78 is 21.5. The van der Waals surface area contributed by atoms with E-state index in [1.165, 1.54) is 13.3 Å². The van der Waals surface area contributed by atoms with Crippen LogP contribution in [-0.4, -0.2) is 58.4 Å². The molecule has 3 rings (SSSR count). The lowest BCUT2D eigenvalue weighted by Gasteiger charge is -2.13. The second kappa shape index (κ2) is 15.5. The van der Waals surface area contributed by atoms with Gasteiger partial charge in [0.2, 0.25) is 0 Å². The third-order valence-corrected chi connectivity index (χ3v) is 5.95. The summed E-state index contributed by atoms with van der Waals surface area (Å²) in [6.45, 7) is 2.05. The first-order valence-corrected chi connectivity index (χ1v) is 12.9. The van der Waals surface area contributed by atoms with E-state index in [9.17, 15) is 14.4 Å². The Bertz CT molecular complexity index is 1390. The summed E-state index contributed by atoms with van der Waals surface area (Å²) in [6.07, 6.45) is 2.64. The minimum atomic E-state index is -0.906. The number of amides is 3. The number of carbonyl (C=O) groups excluding carboxylic acids is 3. The molecule has 11 heteroatoms. The van der Waals surface area contributed by atoms with Crippen molar-refractivity contribution in [1.82, 2.24) is 10.7 Å². The Hall–Kier alpha value is -5.06. The highest BCUT2D eigenvalue weighted by Gasteiger charge is 2.13. The normalized spacial score (nSPS) is 10.5. The highest BCUT2D eigenvalue weighted by molar-refractivity contribution is 6.35. The van der Waals surface area contributed by atoms with E-state index in [4.69, 9.17) is 18.9 Å². The van der Waals surface area contributed by atoms with Crippen molar-refractivity contribution in [1.29, 1.82) is 0 Å². The molecule has 3 amide bonds. The van der Waals surface area contributed by atoms with Crippen LogP contribution in [0.1, 0.15) is 23.6 Å². The van der Waals surface area contributed by atoms with Crippen LogP contribution in [0.4, 0.5) is 5.69 Å². The van der Waals surface area contributed by atoms with E-state index >= 15 is 0 Å². The first-order chi connectivity index (χ1) is 19.9. The lowest BCUT2D eigenvalue weighted by Crippen LogP contribution is -2.38. The highest BCUT2D eigenvalue weighted by atomic mass is 16.5. The first kappa shape index (κ1) is 30.5. The van der Waals surface area contributed by atoms with Gasteiger partial charge in [-0.3, -0.25) is 14.4 Å². The number of rotatable bonds is 13. The molecule has 216 valence electrons. The average molecular weight is 563 g/mol. The third-order valence-electron chi connectivity index (χ3n) is 5.95. The van der Waals surface area contributed by atoms with Gasteiger partial charge in [-0.25, -0.2) is 5.43 Å². The zero-order chi connectivity index (χ0) is 29.6. The van der Waals surface area contributed by atoms with E-state index < -0.39 is 11.8 Å². The van der Waals surface area contributed by atoms with Crippen molar-refractivity contribution in [2.75, 3.05) is 39.8 Å². The number of nitrogens with one attached hydrogen (secondary N) is 3. The largest absolute Gasteiger partial charge is 0.493 e. The fraction of sp³-hybridized carbons (Fsp3) is 0.267. The number of methoxy groups -OCH3 is 3. The number of aryl methyl sites for hydroxylation is 1. The molecule has 0 atom stereocenters. The van der Waals surface area contributed by atoms with E-state index in [1.807, 2.05) is 37.3 Å². The van der Waals surface area contributed by atoms with Crippen molar-refractivity contribution in [2.24, 2.45) is 5.10 Å². The summed E-state index contributed by atoms with van der Waals surface area (Å²) in [7, 11) is 4.56. The van der Waals surface area contributed by atoms with E-state index in [2.05, 4.69) is 21.2 Å². The number of benzene rings is 3. The van der Waals surface area contributed by atoms with Crippen LogP contribution in [0.3, 0.4) is 0 Å². The van der Waals surface area contributed by atoms with E-state index in [-0.39, 0.29) is 19.1 Å². The molecule has 0 unspecified atom stereocenters. The van der Waals surface area contributed by atoms with Crippen LogP contribution in [0.15, 0.2) is 65.8 Å². The maximum absolute atomic E-state index is 12.4. The molecule has 0 radical (unpaired) electrons. The molecule has 0 aliphatic rings. The molecule has 11 nitrogen and oxygen atoms in total. The number of hydrogen-bond acceptors (Lipinski definition) is 8. The van der Waals surface area contributed by atoms with Crippen molar-refractivity contribution >= 4 is 29.6 Å². The molecule has 0 aromatic heterocycles. The zero-order valence-electron chi connectivity index (χ0n) is 23.5. The monoisotopic (exact) mass is 562 g/mol. The smallest absolute Gasteiger partial charge is 0.329 e. The Morgan fingerprint density at radius 3 is 2.27 bits per heavy atom. The van der Waals surface area contributed by atoms with Crippen LogP contribution < -0.4 is 35.0 Å². The van der Waals surface area contributed by atoms with Gasteiger partial charge >= 0.3 is 11.8 Å². The van der Waals surface area contributed by atoms with Crippen LogP contribution in [0, 0.1) is 0 Å². The second-order valence-electron chi connectivity index (χ2n) is 8.65. The number of nitrogens with zero attached hydrogens (tertiary/aromatic N) is 1. The summed E-state index contributed by atoms with van der Waals surface area (Å²) >= 11 is 0. The number of anilines is 1. The quantitative estimate of drug-likeness (QED) is 0.165. The Labute approximate surface area is 238 Å². The molecular formula is C30H34N4O7. The molecule has 3 N–H and O–H groups in total. The van der Waals surface area contributed by atoms with Crippen LogP contribution in [0.5, 0.6) is 23.0 Å². The molecule has 0 bridgehead atoms. The summed E-state index contributed by atoms with van der Waals surface area (Å²) in [5, 5.41) is 9.24. The van der Waals surface area contributed by atoms with Gasteiger partial charge in [0.15, 0.2) is 29.6 Å². The predicted molar refractivity (Wildman–Crippen MR) is 155 cm³/mol. The van der Waals surface area contributed by atoms with Crippen molar-refractivity contribution in [3.05, 3.63) is 77.4 Å². The molecule has 41 heavy (non-hydrogen) atoms. The molecule has 3 aromatic carbocycles. The van der Waals surface area contributed by atoms with Gasteiger partial charge in [0, 0.05) is 12.2 Å². The first-order valence-electron chi connectivity index (χ1n) is 12.9. The highest BCUT2D eigenvalue weighted by Crippen LogP contribution is 2.28. The van der Waals surface area contributed by atoms with Gasteiger partial charge < -0.3 is 29.6 Å². The molecule has 3 aromatic rings. The molecule has 0 aliphatic heterocycles. The maximum atomic E-state index is 12.4. The van der Waals surface area contributed by atoms with E-state index in [0.29, 0.717) is 35.0 Å². The predicted octanol–water partition coefficient (Wildman–Crippen LogP) is 3.10. The van der Waals surface area contributed by atoms with Crippen molar-refractivity contribution in [2.45, 2.75) is 19.8 Å². The SMILES string of the molecule is CCc1ccccc1NC(=O)COc1ccc(/C=N\NC(=O)C(=O)NCCc2ccc(OC)c(OC)c2)cc1OC. The van der Waals surface area contributed by atoms with Gasteiger partial charge in [0.05, 0.1) is 27.5 Å². The van der Waals surface area contributed by atoms with Crippen LogP contribution in [0.2, 0.25) is 0 Å². The molecule has 0 saturated carbocycles. The number of carbonyl (C=O) groups is 3. The van der Waals surface area contributed by atoms with Gasteiger partial charge in [-0.2, -0.15) is 5.10 Å². The number of hydrogen-bond donors (Lipinski definition) is 3. The maximum Gasteiger partial charge on any atom is 0.329 e. The van der Waals surface area contributed by atoms with Crippen LogP contribution in [-0.2, 0) is 27.2 Å². The Morgan fingerprint density at radius 2 is 1.54 bits per heavy atom. The van der Waals surface area contributed by atoms with Crippen LogP contribution in [0.25, 0.3) is 0 Å². The summed E-state index contributed by atoms with van der Waals surface area (Å²) in [5.41, 5.74) is 5.45. The topological polar surface area (TPSA) is 137 Å². The minimum absolute atomic E-state index is 0.209. The molecule has 0 fully saturated rings. The molecule has 0 aliphatic carbocycles. The summed E-state index contributed by atoms with van der Waals surface area (Å²) in [4.78, 5) is 36.6. The van der Waals surface area contributed by atoms with Crippen LogP contribution >= 0.6 is 0 Å². The summed E-state index contributed by atoms with van der Waals surface area (Å²) in [6, 6.07) is 17.9. The van der Waals surface area contributed by atoms with Gasteiger partial charge in [-0.15, -0.1) is 0 Å². The third kappa shape index (κ3) is 8.99. The number of para-hydroxylation sites is 1. The van der Waals surface area contributed by atoms with Gasteiger partial charge in [0.25, 0.3) is 5.91 Å². The standard InChI is InChI=1S/C30H34N4O7/c1-5-22-8-6-7-9-23(22)33-28(35)19-41-25-13-11-21(17-27(25)40-4)18-32-34-30(37)29(36)31-15-14-20-10-12-24(38-2)26(16-20)39-3/h6-13,16-18H,5,14-15,19H2,1-4H3,(H,31,36)(H,33,35)(H,34,37)/b32-18-. The Balaban J connectivity index is 1.46.